The molecule has 1 N–H and O–H groups in total. The normalized spacial score (nSPS) is 19.3. The van der Waals surface area contributed by atoms with Gasteiger partial charge in [0.15, 0.2) is 5.75 Å². The van der Waals surface area contributed by atoms with Crippen LogP contribution in [-0.2, 0) is 29.7 Å². The fourth-order valence-corrected chi connectivity index (χ4v) is 6.61. The van der Waals surface area contributed by atoms with E-state index in [0.717, 1.165) is 38.0 Å². The molecule has 35 heavy (non-hydrogen) atoms. The number of aromatic nitrogens is 1. The SMILES string of the molecule is CNC(=O)N1CCC(COc2cnc(CN3Cc4ccccc4C3)cc2S(=O)(=O)N2CCC2)CC1. The van der Waals surface area contributed by atoms with Gasteiger partial charge in [0.05, 0.1) is 18.5 Å². The highest BCUT2D eigenvalue weighted by atomic mass is 32.2. The Balaban J connectivity index is 1.29. The van der Waals surface area contributed by atoms with Crippen molar-refractivity contribution in [2.24, 2.45) is 5.92 Å². The Bertz CT molecular complexity index is 1150. The fraction of sp³-hybridized carbons (Fsp3) is 0.520. The molecule has 1 aromatic carbocycles. The second-order valence-electron chi connectivity index (χ2n) is 9.59. The number of likely N-dealkylation sites (tertiary alicyclic amines) is 1. The molecule has 2 saturated heterocycles. The van der Waals surface area contributed by atoms with Crippen molar-refractivity contribution in [2.75, 3.05) is 39.8 Å². The predicted octanol–water partition coefficient (Wildman–Crippen LogP) is 2.42. The lowest BCUT2D eigenvalue weighted by molar-refractivity contribution is 0.145. The Morgan fingerprint density at radius 3 is 2.40 bits per heavy atom. The first-order valence-electron chi connectivity index (χ1n) is 12.3. The molecular weight excluding hydrogens is 466 g/mol. The lowest BCUT2D eigenvalue weighted by Crippen LogP contribution is -2.44. The number of piperidine rings is 1. The first kappa shape index (κ1) is 24.0. The number of fused-ring (bicyclic) bond motifs is 1. The van der Waals surface area contributed by atoms with Crippen LogP contribution < -0.4 is 10.1 Å². The van der Waals surface area contributed by atoms with Crippen LogP contribution in [0.25, 0.3) is 0 Å². The number of nitrogens with zero attached hydrogens (tertiary/aromatic N) is 4. The highest BCUT2D eigenvalue weighted by molar-refractivity contribution is 7.89. The van der Waals surface area contributed by atoms with E-state index in [4.69, 9.17) is 4.74 Å². The number of amides is 2. The number of urea groups is 1. The lowest BCUT2D eigenvalue weighted by Gasteiger charge is -2.32. The van der Waals surface area contributed by atoms with E-state index in [1.165, 1.54) is 15.4 Å². The van der Waals surface area contributed by atoms with Crippen molar-refractivity contribution in [1.29, 1.82) is 0 Å². The molecule has 0 aliphatic carbocycles. The number of rotatable bonds is 7. The van der Waals surface area contributed by atoms with Gasteiger partial charge in [-0.15, -0.1) is 0 Å². The molecule has 0 saturated carbocycles. The number of ether oxygens (including phenoxy) is 1. The summed E-state index contributed by atoms with van der Waals surface area (Å²) in [6, 6.07) is 10.0. The number of nitrogens with one attached hydrogen (secondary N) is 1. The van der Waals surface area contributed by atoms with Crippen molar-refractivity contribution < 1.29 is 17.9 Å². The number of hydrogen-bond donors (Lipinski definition) is 1. The van der Waals surface area contributed by atoms with Gasteiger partial charge in [-0.05, 0) is 42.4 Å². The van der Waals surface area contributed by atoms with Crippen molar-refractivity contribution >= 4 is 16.1 Å². The molecule has 0 unspecified atom stereocenters. The molecule has 0 spiro atoms. The molecule has 188 valence electrons. The molecule has 10 heteroatoms. The van der Waals surface area contributed by atoms with Gasteiger partial charge in [0.1, 0.15) is 4.90 Å². The van der Waals surface area contributed by atoms with E-state index < -0.39 is 10.0 Å². The monoisotopic (exact) mass is 499 g/mol. The van der Waals surface area contributed by atoms with E-state index in [0.29, 0.717) is 45.1 Å². The van der Waals surface area contributed by atoms with E-state index in [9.17, 15) is 13.2 Å². The molecule has 3 aliphatic rings. The maximum Gasteiger partial charge on any atom is 0.317 e. The van der Waals surface area contributed by atoms with Gasteiger partial charge in [-0.2, -0.15) is 4.31 Å². The van der Waals surface area contributed by atoms with Crippen LogP contribution in [0.3, 0.4) is 0 Å². The minimum atomic E-state index is -3.63. The third kappa shape index (κ3) is 5.14. The Kier molecular flexibility index (Phi) is 6.95. The average molecular weight is 500 g/mol. The summed E-state index contributed by atoms with van der Waals surface area (Å²) in [5.74, 6) is 0.581. The third-order valence-corrected chi connectivity index (χ3v) is 9.12. The van der Waals surface area contributed by atoms with Crippen LogP contribution in [0.15, 0.2) is 41.4 Å². The van der Waals surface area contributed by atoms with E-state index in [2.05, 4.69) is 27.3 Å². The number of carbonyl (C=O) groups excluding carboxylic acids is 1. The number of hydrogen-bond acceptors (Lipinski definition) is 6. The Hall–Kier alpha value is -2.69. The molecule has 4 heterocycles. The van der Waals surface area contributed by atoms with Crippen molar-refractivity contribution in [3.8, 4) is 5.75 Å². The van der Waals surface area contributed by atoms with Crippen LogP contribution in [0.4, 0.5) is 4.79 Å². The van der Waals surface area contributed by atoms with E-state index in [1.807, 2.05) is 12.1 Å². The van der Waals surface area contributed by atoms with Crippen LogP contribution in [0.2, 0.25) is 0 Å². The van der Waals surface area contributed by atoms with Crippen LogP contribution in [0, 0.1) is 5.92 Å². The zero-order valence-corrected chi connectivity index (χ0v) is 21.0. The van der Waals surface area contributed by atoms with Gasteiger partial charge in [0, 0.05) is 52.9 Å². The quantitative estimate of drug-likeness (QED) is 0.629. The standard InChI is InChI=1S/C25H33N5O4S/c1-26-25(31)29-11-7-19(8-12-29)18-34-23-14-27-22(13-24(23)35(32,33)30-9-4-10-30)17-28-15-20-5-2-3-6-21(20)16-28/h2-3,5-6,13-14,19H,4,7-12,15-18H2,1H3,(H,26,31). The molecule has 3 aliphatic heterocycles. The average Bonchev–Trinajstić information content (AvgIpc) is 3.24. The van der Waals surface area contributed by atoms with Crippen LogP contribution >= 0.6 is 0 Å². The summed E-state index contributed by atoms with van der Waals surface area (Å²) in [6.07, 6.45) is 4.10. The van der Waals surface area contributed by atoms with E-state index in [-0.39, 0.29) is 16.8 Å². The van der Waals surface area contributed by atoms with Crippen molar-refractivity contribution in [3.63, 3.8) is 0 Å². The highest BCUT2D eigenvalue weighted by Gasteiger charge is 2.33. The third-order valence-electron chi connectivity index (χ3n) is 7.20. The number of pyridine rings is 1. The van der Waals surface area contributed by atoms with Crippen molar-refractivity contribution in [3.05, 3.63) is 53.3 Å². The molecule has 9 nitrogen and oxygen atoms in total. The second kappa shape index (κ2) is 10.1. The molecule has 2 fully saturated rings. The van der Waals surface area contributed by atoms with Gasteiger partial charge in [-0.3, -0.25) is 9.88 Å². The summed E-state index contributed by atoms with van der Waals surface area (Å²) in [4.78, 5) is 20.7. The summed E-state index contributed by atoms with van der Waals surface area (Å²) in [7, 11) is -1.99. The first-order chi connectivity index (χ1) is 16.9. The highest BCUT2D eigenvalue weighted by Crippen LogP contribution is 2.32. The molecule has 0 atom stereocenters. The maximum atomic E-state index is 13.4. The van der Waals surface area contributed by atoms with Gasteiger partial charge in [-0.1, -0.05) is 24.3 Å². The van der Waals surface area contributed by atoms with Gasteiger partial charge < -0.3 is 15.0 Å². The molecule has 0 radical (unpaired) electrons. The summed E-state index contributed by atoms with van der Waals surface area (Å²) in [5, 5.41) is 2.66. The summed E-state index contributed by atoms with van der Waals surface area (Å²) in [5.41, 5.74) is 3.34. The minimum absolute atomic E-state index is 0.0619. The molecule has 5 rings (SSSR count). The van der Waals surface area contributed by atoms with Crippen LogP contribution in [-0.4, -0.2) is 73.4 Å². The molecule has 2 amide bonds. The first-order valence-corrected chi connectivity index (χ1v) is 13.8. The predicted molar refractivity (Wildman–Crippen MR) is 131 cm³/mol. The molecule has 0 bridgehead atoms. The lowest BCUT2D eigenvalue weighted by atomic mass is 9.98. The summed E-state index contributed by atoms with van der Waals surface area (Å²) < 4.78 is 34.3. The topological polar surface area (TPSA) is 95.1 Å². The minimum Gasteiger partial charge on any atom is -0.490 e. The fourth-order valence-electron chi connectivity index (χ4n) is 4.94. The Morgan fingerprint density at radius 1 is 1.11 bits per heavy atom. The zero-order chi connectivity index (χ0) is 24.4. The van der Waals surface area contributed by atoms with Gasteiger partial charge in [0.25, 0.3) is 0 Å². The zero-order valence-electron chi connectivity index (χ0n) is 20.1. The molecule has 1 aromatic heterocycles. The van der Waals surface area contributed by atoms with Crippen LogP contribution in [0.5, 0.6) is 5.75 Å². The maximum absolute atomic E-state index is 13.4. The van der Waals surface area contributed by atoms with E-state index in [1.54, 1.807) is 24.2 Å². The van der Waals surface area contributed by atoms with Crippen molar-refractivity contribution in [2.45, 2.75) is 43.8 Å². The smallest absolute Gasteiger partial charge is 0.317 e. The largest absolute Gasteiger partial charge is 0.490 e. The van der Waals surface area contributed by atoms with Gasteiger partial charge in [-0.25, -0.2) is 13.2 Å². The Morgan fingerprint density at radius 2 is 1.80 bits per heavy atom. The molecular formula is C25H33N5O4S. The number of sulfonamides is 1. The van der Waals surface area contributed by atoms with Crippen LogP contribution in [0.1, 0.15) is 36.1 Å². The number of benzene rings is 1. The number of carbonyl (C=O) groups is 1. The van der Waals surface area contributed by atoms with Gasteiger partial charge in [0.2, 0.25) is 10.0 Å². The van der Waals surface area contributed by atoms with E-state index >= 15 is 0 Å². The van der Waals surface area contributed by atoms with Gasteiger partial charge >= 0.3 is 6.03 Å². The summed E-state index contributed by atoms with van der Waals surface area (Å²) in [6.45, 7) is 5.07. The Labute approximate surface area is 207 Å². The van der Waals surface area contributed by atoms with Crippen molar-refractivity contribution in [1.82, 2.24) is 24.4 Å². The second-order valence-corrected chi connectivity index (χ2v) is 11.5. The molecule has 2 aromatic rings. The summed E-state index contributed by atoms with van der Waals surface area (Å²) >= 11 is 0.